The molecule has 3 N–H and O–H groups in total. The van der Waals surface area contributed by atoms with Crippen LogP contribution in [-0.4, -0.2) is 31.4 Å². The molecule has 0 radical (unpaired) electrons. The van der Waals surface area contributed by atoms with Gasteiger partial charge in [0, 0.05) is 12.1 Å². The smallest absolute Gasteiger partial charge is 0.321 e. The molecule has 1 atom stereocenters. The Morgan fingerprint density at radius 1 is 0.963 bits per heavy atom. The van der Waals surface area contributed by atoms with E-state index in [0.717, 1.165) is 11.1 Å². The predicted octanol–water partition coefficient (Wildman–Crippen LogP) is 2.45. The van der Waals surface area contributed by atoms with E-state index in [1.165, 1.54) is 12.1 Å². The number of carbonyl (C=O) groups excluding carboxylic acids is 1. The van der Waals surface area contributed by atoms with Crippen LogP contribution in [0.15, 0.2) is 53.4 Å². The lowest BCUT2D eigenvalue weighted by molar-refractivity contribution is -0.139. The Bertz CT molecular complexity index is 906. The number of carboxylic acids is 1. The molecule has 0 aromatic heterocycles. The molecule has 0 saturated carbocycles. The molecule has 0 bridgehead atoms. The lowest BCUT2D eigenvalue weighted by Crippen LogP contribution is -2.41. The zero-order valence-corrected chi connectivity index (χ0v) is 15.9. The minimum Gasteiger partial charge on any atom is -0.480 e. The van der Waals surface area contributed by atoms with E-state index in [1.54, 1.807) is 24.3 Å². The third-order valence-electron chi connectivity index (χ3n) is 3.92. The first-order valence-electron chi connectivity index (χ1n) is 8.36. The molecule has 27 heavy (non-hydrogen) atoms. The van der Waals surface area contributed by atoms with Gasteiger partial charge < -0.3 is 10.4 Å². The molecule has 0 aliphatic heterocycles. The van der Waals surface area contributed by atoms with Gasteiger partial charge in [-0.1, -0.05) is 35.4 Å². The molecule has 2 aromatic rings. The first kappa shape index (κ1) is 20.6. The number of benzene rings is 2. The fraction of sp³-hybridized carbons (Fsp3) is 0.263. The second-order valence-corrected chi connectivity index (χ2v) is 7.99. The minimum absolute atomic E-state index is 0.0246. The van der Waals surface area contributed by atoms with Gasteiger partial charge in [-0.25, -0.2) is 8.42 Å². The quantitative estimate of drug-likeness (QED) is 0.641. The van der Waals surface area contributed by atoms with Crippen molar-refractivity contribution in [1.29, 1.82) is 0 Å². The summed E-state index contributed by atoms with van der Waals surface area (Å²) in [5, 5.41) is 12.0. The van der Waals surface area contributed by atoms with Gasteiger partial charge in [0.05, 0.1) is 4.90 Å². The van der Waals surface area contributed by atoms with Crippen LogP contribution in [0.2, 0.25) is 0 Å². The Morgan fingerprint density at radius 3 is 2.00 bits per heavy atom. The number of sulfonamides is 1. The summed E-state index contributed by atoms with van der Waals surface area (Å²) >= 11 is 0. The molecule has 0 aliphatic carbocycles. The van der Waals surface area contributed by atoms with Crippen LogP contribution >= 0.6 is 0 Å². The largest absolute Gasteiger partial charge is 0.480 e. The number of rotatable bonds is 8. The van der Waals surface area contributed by atoms with E-state index >= 15 is 0 Å². The summed E-state index contributed by atoms with van der Waals surface area (Å²) in [5.41, 5.74) is 2.53. The van der Waals surface area contributed by atoms with Gasteiger partial charge in [-0.2, -0.15) is 4.72 Å². The number of aliphatic carboxylic acids is 1. The highest BCUT2D eigenvalue weighted by Gasteiger charge is 2.26. The van der Waals surface area contributed by atoms with Crippen molar-refractivity contribution in [3.63, 3.8) is 0 Å². The summed E-state index contributed by atoms with van der Waals surface area (Å²) in [6, 6.07) is 11.8. The summed E-state index contributed by atoms with van der Waals surface area (Å²) in [6.45, 7) is 3.74. The van der Waals surface area contributed by atoms with Gasteiger partial charge in [0.1, 0.15) is 6.04 Å². The summed E-state index contributed by atoms with van der Waals surface area (Å²) in [5.74, 6) is -1.73. The van der Waals surface area contributed by atoms with E-state index < -0.39 is 22.0 Å². The van der Waals surface area contributed by atoms with E-state index in [4.69, 9.17) is 0 Å². The highest BCUT2D eigenvalue weighted by atomic mass is 32.2. The van der Waals surface area contributed by atoms with Gasteiger partial charge >= 0.3 is 5.97 Å². The van der Waals surface area contributed by atoms with Crippen LogP contribution in [0.25, 0.3) is 0 Å². The predicted molar refractivity (Wildman–Crippen MR) is 102 cm³/mol. The number of nitrogens with one attached hydrogen (secondary N) is 2. The first-order chi connectivity index (χ1) is 12.7. The number of carbonyl (C=O) groups is 2. The molecule has 0 unspecified atom stereocenters. The third-order valence-corrected chi connectivity index (χ3v) is 5.41. The molecule has 0 saturated heterocycles. The van der Waals surface area contributed by atoms with Crippen LogP contribution in [0.5, 0.6) is 0 Å². The molecule has 2 rings (SSSR count). The van der Waals surface area contributed by atoms with Gasteiger partial charge in [0.2, 0.25) is 15.9 Å². The number of anilines is 1. The topological polar surface area (TPSA) is 113 Å². The van der Waals surface area contributed by atoms with Crippen molar-refractivity contribution in [3.8, 4) is 0 Å². The van der Waals surface area contributed by atoms with Crippen LogP contribution in [0.4, 0.5) is 5.69 Å². The molecule has 0 heterocycles. The summed E-state index contributed by atoms with van der Waals surface area (Å²) in [6.07, 6.45) is -0.306. The highest BCUT2D eigenvalue weighted by molar-refractivity contribution is 7.89. The van der Waals surface area contributed by atoms with Crippen LogP contribution in [0.3, 0.4) is 0 Å². The molecule has 0 aliphatic rings. The van der Waals surface area contributed by atoms with Crippen LogP contribution in [-0.2, 0) is 19.6 Å². The normalized spacial score (nSPS) is 12.4. The van der Waals surface area contributed by atoms with Crippen molar-refractivity contribution in [3.05, 3.63) is 59.7 Å². The standard InChI is InChI=1S/C19H22N2O5S/c1-13-3-7-15(8-4-13)20-18(22)12-11-17(19(23)24)21-27(25,26)16-9-5-14(2)6-10-16/h3-10,17,21H,11-12H2,1-2H3,(H,20,22)(H,23,24)/t17-/m1/s1. The maximum Gasteiger partial charge on any atom is 0.321 e. The van der Waals surface area contributed by atoms with Crippen molar-refractivity contribution in [2.24, 2.45) is 0 Å². The second kappa shape index (κ2) is 8.79. The summed E-state index contributed by atoms with van der Waals surface area (Å²) in [4.78, 5) is 23.4. The van der Waals surface area contributed by atoms with Crippen molar-refractivity contribution < 1.29 is 23.1 Å². The Hall–Kier alpha value is -2.71. The fourth-order valence-corrected chi connectivity index (χ4v) is 3.57. The zero-order chi connectivity index (χ0) is 20.0. The Balaban J connectivity index is 1.98. The minimum atomic E-state index is -4.00. The second-order valence-electron chi connectivity index (χ2n) is 6.28. The average Bonchev–Trinajstić information content (AvgIpc) is 2.60. The van der Waals surface area contributed by atoms with E-state index in [0.29, 0.717) is 5.69 Å². The zero-order valence-electron chi connectivity index (χ0n) is 15.1. The van der Waals surface area contributed by atoms with Gasteiger partial charge in [-0.3, -0.25) is 9.59 Å². The number of aryl methyl sites for hydroxylation is 2. The van der Waals surface area contributed by atoms with Gasteiger partial charge in [0.15, 0.2) is 0 Å². The van der Waals surface area contributed by atoms with Crippen molar-refractivity contribution >= 4 is 27.6 Å². The average molecular weight is 390 g/mol. The van der Waals surface area contributed by atoms with Crippen molar-refractivity contribution in [2.45, 2.75) is 37.6 Å². The molecule has 8 heteroatoms. The lowest BCUT2D eigenvalue weighted by Gasteiger charge is -2.15. The molecule has 7 nitrogen and oxygen atoms in total. The van der Waals surface area contributed by atoms with Crippen LogP contribution < -0.4 is 10.0 Å². The van der Waals surface area contributed by atoms with E-state index in [2.05, 4.69) is 10.0 Å². The molecule has 1 amide bonds. The molecule has 144 valence electrons. The number of hydrogen-bond acceptors (Lipinski definition) is 4. The van der Waals surface area contributed by atoms with E-state index in [-0.39, 0.29) is 23.6 Å². The van der Waals surface area contributed by atoms with Crippen LogP contribution in [0.1, 0.15) is 24.0 Å². The highest BCUT2D eigenvalue weighted by Crippen LogP contribution is 2.13. The van der Waals surface area contributed by atoms with E-state index in [9.17, 15) is 23.1 Å². The molecular weight excluding hydrogens is 368 g/mol. The third kappa shape index (κ3) is 6.19. The fourth-order valence-electron chi connectivity index (χ4n) is 2.34. The monoisotopic (exact) mass is 390 g/mol. The maximum atomic E-state index is 12.4. The molecule has 0 spiro atoms. The first-order valence-corrected chi connectivity index (χ1v) is 9.84. The summed E-state index contributed by atoms with van der Waals surface area (Å²) in [7, 11) is -4.00. The van der Waals surface area contributed by atoms with Gasteiger partial charge in [-0.05, 0) is 44.5 Å². The van der Waals surface area contributed by atoms with Gasteiger partial charge in [-0.15, -0.1) is 0 Å². The van der Waals surface area contributed by atoms with Crippen LogP contribution in [0, 0.1) is 13.8 Å². The number of carboxylic acid groups (broad SMARTS) is 1. The Kier molecular flexibility index (Phi) is 6.70. The summed E-state index contributed by atoms with van der Waals surface area (Å²) < 4.78 is 26.8. The lowest BCUT2D eigenvalue weighted by atomic mass is 10.1. The van der Waals surface area contributed by atoms with E-state index in [1.807, 2.05) is 26.0 Å². The maximum absolute atomic E-state index is 12.4. The number of amides is 1. The molecular formula is C19H22N2O5S. The van der Waals surface area contributed by atoms with Gasteiger partial charge in [0.25, 0.3) is 0 Å². The Labute approximate surface area is 158 Å². The SMILES string of the molecule is Cc1ccc(NC(=O)CC[C@@H](NS(=O)(=O)c2ccc(C)cc2)C(=O)O)cc1. The Morgan fingerprint density at radius 2 is 1.48 bits per heavy atom. The molecule has 0 fully saturated rings. The van der Waals surface area contributed by atoms with Crippen molar-refractivity contribution in [2.75, 3.05) is 5.32 Å². The van der Waals surface area contributed by atoms with Crippen molar-refractivity contribution in [1.82, 2.24) is 4.72 Å². The number of hydrogen-bond donors (Lipinski definition) is 3. The molecule has 2 aromatic carbocycles.